The summed E-state index contributed by atoms with van der Waals surface area (Å²) < 4.78 is 1.98. The SMILES string of the molecule is CN1CCN(c2ccc(-n3cnc4ccc(/C=C5\SC(=O)NC5=O)cc43)cn2)CC1. The van der Waals surface area contributed by atoms with Crippen LogP contribution < -0.4 is 10.2 Å². The van der Waals surface area contributed by atoms with Gasteiger partial charge < -0.3 is 9.80 Å². The molecule has 3 aromatic rings. The number of carbonyl (C=O) groups is 2. The van der Waals surface area contributed by atoms with E-state index in [0.717, 1.165) is 66.0 Å². The van der Waals surface area contributed by atoms with Crippen molar-refractivity contribution in [2.24, 2.45) is 0 Å². The number of hydrogen-bond donors (Lipinski definition) is 1. The molecule has 0 radical (unpaired) electrons. The first-order valence-electron chi connectivity index (χ1n) is 9.69. The summed E-state index contributed by atoms with van der Waals surface area (Å²) in [6.45, 7) is 4.03. The van der Waals surface area contributed by atoms with Crippen molar-refractivity contribution in [3.63, 3.8) is 0 Å². The maximum atomic E-state index is 11.8. The minimum absolute atomic E-state index is 0.344. The fraction of sp³-hybridized carbons (Fsp3) is 0.238. The predicted molar refractivity (Wildman–Crippen MR) is 118 cm³/mol. The standard InChI is InChI=1S/C21H20N6O2S/c1-25-6-8-26(9-7-25)19-5-3-15(12-22-19)27-13-23-16-4-2-14(10-17(16)27)11-18-20(28)24-21(29)30-18/h2-5,10-13H,6-9H2,1H3,(H,24,28,29)/b18-11-. The van der Waals surface area contributed by atoms with Gasteiger partial charge in [0.1, 0.15) is 12.1 Å². The predicted octanol–water partition coefficient (Wildman–Crippen LogP) is 2.50. The molecule has 8 nitrogen and oxygen atoms in total. The summed E-state index contributed by atoms with van der Waals surface area (Å²) in [5.74, 6) is 0.623. The molecule has 5 rings (SSSR count). The number of imidazole rings is 1. The van der Waals surface area contributed by atoms with Crippen LogP contribution in [0.1, 0.15) is 5.56 Å². The van der Waals surface area contributed by atoms with Crippen molar-refractivity contribution in [1.29, 1.82) is 0 Å². The van der Waals surface area contributed by atoms with Gasteiger partial charge in [0.15, 0.2) is 0 Å². The van der Waals surface area contributed by atoms with Crippen LogP contribution in [-0.2, 0) is 4.79 Å². The van der Waals surface area contributed by atoms with Gasteiger partial charge >= 0.3 is 0 Å². The van der Waals surface area contributed by atoms with Gasteiger partial charge in [0.25, 0.3) is 11.1 Å². The zero-order valence-electron chi connectivity index (χ0n) is 16.4. The molecule has 0 bridgehead atoms. The Kier molecular flexibility index (Phi) is 4.76. The topological polar surface area (TPSA) is 83.4 Å². The summed E-state index contributed by atoms with van der Waals surface area (Å²) in [4.78, 5) is 37.4. The molecule has 2 amide bonds. The van der Waals surface area contributed by atoms with Crippen LogP contribution in [0.4, 0.5) is 10.6 Å². The van der Waals surface area contributed by atoms with Crippen molar-refractivity contribution in [2.45, 2.75) is 0 Å². The Morgan fingerprint density at radius 3 is 2.60 bits per heavy atom. The molecule has 2 fully saturated rings. The van der Waals surface area contributed by atoms with E-state index in [2.05, 4.69) is 32.1 Å². The smallest absolute Gasteiger partial charge is 0.290 e. The van der Waals surface area contributed by atoms with Crippen LogP contribution in [-0.4, -0.2) is 63.8 Å². The maximum absolute atomic E-state index is 11.8. The molecule has 0 unspecified atom stereocenters. The highest BCUT2D eigenvalue weighted by Crippen LogP contribution is 2.27. The first kappa shape index (κ1) is 18.8. The molecular formula is C21H20N6O2S. The van der Waals surface area contributed by atoms with E-state index in [4.69, 9.17) is 0 Å². The number of nitrogens with zero attached hydrogens (tertiary/aromatic N) is 5. The molecule has 1 aromatic carbocycles. The lowest BCUT2D eigenvalue weighted by Gasteiger charge is -2.33. The highest BCUT2D eigenvalue weighted by Gasteiger charge is 2.25. The van der Waals surface area contributed by atoms with Crippen LogP contribution in [0.5, 0.6) is 0 Å². The van der Waals surface area contributed by atoms with Gasteiger partial charge in [-0.25, -0.2) is 9.97 Å². The van der Waals surface area contributed by atoms with Gasteiger partial charge in [-0.3, -0.25) is 19.5 Å². The van der Waals surface area contributed by atoms with Crippen LogP contribution in [0.15, 0.2) is 47.8 Å². The molecule has 0 atom stereocenters. The van der Waals surface area contributed by atoms with Gasteiger partial charge in [0.05, 0.1) is 27.8 Å². The van der Waals surface area contributed by atoms with E-state index >= 15 is 0 Å². The summed E-state index contributed by atoms with van der Waals surface area (Å²) in [5.41, 5.74) is 3.51. The van der Waals surface area contributed by atoms with E-state index in [1.54, 1.807) is 12.4 Å². The van der Waals surface area contributed by atoms with Gasteiger partial charge in [-0.2, -0.15) is 0 Å². The normalized spacial score (nSPS) is 19.1. The summed E-state index contributed by atoms with van der Waals surface area (Å²) in [6, 6.07) is 9.84. The van der Waals surface area contributed by atoms with Gasteiger partial charge in [0.2, 0.25) is 0 Å². The number of piperazine rings is 1. The third-order valence-corrected chi connectivity index (χ3v) is 6.16. The highest BCUT2D eigenvalue weighted by atomic mass is 32.2. The second-order valence-electron chi connectivity index (χ2n) is 7.38. The number of pyridine rings is 1. The second kappa shape index (κ2) is 7.58. The summed E-state index contributed by atoms with van der Waals surface area (Å²) in [7, 11) is 2.14. The zero-order chi connectivity index (χ0) is 20.7. The quantitative estimate of drug-likeness (QED) is 0.652. The maximum Gasteiger partial charge on any atom is 0.290 e. The van der Waals surface area contributed by atoms with Crippen LogP contribution >= 0.6 is 11.8 Å². The number of benzene rings is 1. The summed E-state index contributed by atoms with van der Waals surface area (Å²) in [5, 5.41) is 1.93. The van der Waals surface area contributed by atoms with Crippen molar-refractivity contribution in [2.75, 3.05) is 38.1 Å². The monoisotopic (exact) mass is 420 g/mol. The minimum Gasteiger partial charge on any atom is -0.354 e. The Balaban J connectivity index is 1.44. The molecule has 0 spiro atoms. The molecular weight excluding hydrogens is 400 g/mol. The Bertz CT molecular complexity index is 1160. The number of hydrogen-bond acceptors (Lipinski definition) is 7. The molecule has 1 N–H and O–H groups in total. The van der Waals surface area contributed by atoms with Gasteiger partial charge in [-0.1, -0.05) is 6.07 Å². The van der Waals surface area contributed by atoms with Crippen LogP contribution in [0, 0.1) is 0 Å². The van der Waals surface area contributed by atoms with Crippen LogP contribution in [0.25, 0.3) is 22.8 Å². The average molecular weight is 420 g/mol. The summed E-state index contributed by atoms with van der Waals surface area (Å²) >= 11 is 0.913. The number of carbonyl (C=O) groups excluding carboxylic acids is 2. The molecule has 2 aromatic heterocycles. The van der Waals surface area contributed by atoms with Crippen LogP contribution in [0.3, 0.4) is 0 Å². The number of anilines is 1. The number of thioether (sulfide) groups is 1. The molecule has 30 heavy (non-hydrogen) atoms. The Labute approximate surface area is 177 Å². The van der Waals surface area contributed by atoms with E-state index in [-0.39, 0.29) is 11.1 Å². The van der Waals surface area contributed by atoms with Gasteiger partial charge in [0, 0.05) is 26.2 Å². The molecule has 2 aliphatic rings. The molecule has 0 saturated carbocycles. The first-order chi connectivity index (χ1) is 14.6. The lowest BCUT2D eigenvalue weighted by atomic mass is 10.2. The number of fused-ring (bicyclic) bond motifs is 1. The molecule has 152 valence electrons. The fourth-order valence-electron chi connectivity index (χ4n) is 3.64. The third kappa shape index (κ3) is 3.57. The lowest BCUT2D eigenvalue weighted by Crippen LogP contribution is -2.44. The number of likely N-dealkylation sites (N-methyl/N-ethyl adjacent to an activating group) is 1. The zero-order valence-corrected chi connectivity index (χ0v) is 17.2. The van der Waals surface area contributed by atoms with Gasteiger partial charge in [-0.15, -0.1) is 0 Å². The number of nitrogens with one attached hydrogen (secondary N) is 1. The number of aromatic nitrogens is 3. The molecule has 2 saturated heterocycles. The third-order valence-electron chi connectivity index (χ3n) is 5.35. The van der Waals surface area contributed by atoms with Crippen LogP contribution in [0.2, 0.25) is 0 Å². The van der Waals surface area contributed by atoms with E-state index in [1.807, 2.05) is 41.1 Å². The molecule has 4 heterocycles. The largest absolute Gasteiger partial charge is 0.354 e. The molecule has 0 aliphatic carbocycles. The highest BCUT2D eigenvalue weighted by molar-refractivity contribution is 8.18. The number of imide groups is 1. The van der Waals surface area contributed by atoms with E-state index < -0.39 is 0 Å². The van der Waals surface area contributed by atoms with E-state index in [0.29, 0.717) is 4.91 Å². The number of rotatable bonds is 3. The number of amides is 2. The van der Waals surface area contributed by atoms with E-state index in [9.17, 15) is 9.59 Å². The average Bonchev–Trinajstić information content (AvgIpc) is 3.31. The van der Waals surface area contributed by atoms with Crippen molar-refractivity contribution in [1.82, 2.24) is 24.8 Å². The Morgan fingerprint density at radius 2 is 1.90 bits per heavy atom. The van der Waals surface area contributed by atoms with Crippen molar-refractivity contribution in [3.8, 4) is 5.69 Å². The fourth-order valence-corrected chi connectivity index (χ4v) is 4.32. The lowest BCUT2D eigenvalue weighted by molar-refractivity contribution is -0.115. The first-order valence-corrected chi connectivity index (χ1v) is 10.5. The van der Waals surface area contributed by atoms with E-state index in [1.165, 1.54) is 0 Å². The Morgan fingerprint density at radius 1 is 1.07 bits per heavy atom. The second-order valence-corrected chi connectivity index (χ2v) is 8.39. The molecule has 9 heteroatoms. The van der Waals surface area contributed by atoms with Crippen molar-refractivity contribution >= 4 is 45.8 Å². The molecule has 2 aliphatic heterocycles. The Hall–Kier alpha value is -3.17. The van der Waals surface area contributed by atoms with Gasteiger partial charge in [-0.05, 0) is 54.7 Å². The minimum atomic E-state index is -0.359. The van der Waals surface area contributed by atoms with Crippen molar-refractivity contribution < 1.29 is 9.59 Å². The van der Waals surface area contributed by atoms with Crippen molar-refractivity contribution in [3.05, 3.63) is 53.3 Å². The summed E-state index contributed by atoms with van der Waals surface area (Å²) in [6.07, 6.45) is 5.35.